The first-order chi connectivity index (χ1) is 19.4. The molecule has 222 valence electrons. The fourth-order valence-corrected chi connectivity index (χ4v) is 7.78. The molecule has 3 aromatic rings. The largest absolute Gasteiger partial charge is 0.497 e. The number of para-hydroxylation sites is 1. The summed E-state index contributed by atoms with van der Waals surface area (Å²) < 4.78 is 74.0. The highest BCUT2D eigenvalue weighted by Gasteiger charge is 2.39. The smallest absolute Gasteiger partial charge is 0.247 e. The van der Waals surface area contributed by atoms with Crippen LogP contribution < -0.4 is 14.2 Å². The van der Waals surface area contributed by atoms with E-state index in [-0.39, 0.29) is 35.2 Å². The van der Waals surface area contributed by atoms with Crippen LogP contribution in [0.5, 0.6) is 17.2 Å². The molecule has 1 heterocycles. The molecule has 0 spiro atoms. The molecule has 1 N–H and O–H groups in total. The highest BCUT2D eigenvalue weighted by Crippen LogP contribution is 2.39. The van der Waals surface area contributed by atoms with Gasteiger partial charge in [-0.3, -0.25) is 0 Å². The summed E-state index contributed by atoms with van der Waals surface area (Å²) >= 11 is 0. The molecule has 3 atom stereocenters. The van der Waals surface area contributed by atoms with Gasteiger partial charge in [-0.15, -0.1) is 0 Å². The summed E-state index contributed by atoms with van der Waals surface area (Å²) in [5.74, 6) is 0.794. The third-order valence-corrected chi connectivity index (χ3v) is 11.1. The third-order valence-electron chi connectivity index (χ3n) is 7.29. The van der Waals surface area contributed by atoms with Gasteiger partial charge >= 0.3 is 0 Å². The second-order valence-corrected chi connectivity index (χ2v) is 14.0. The maximum Gasteiger partial charge on any atom is 0.247 e. The van der Waals surface area contributed by atoms with Crippen molar-refractivity contribution in [1.82, 2.24) is 8.61 Å². The van der Waals surface area contributed by atoms with Crippen LogP contribution in [0.4, 0.5) is 0 Å². The molecular weight excluding hydrogens is 568 g/mol. The number of likely N-dealkylation sites (N-methyl/N-ethyl adjacent to an activating group) is 1. The second-order valence-electron chi connectivity index (χ2n) is 10.1. The Kier molecular flexibility index (Phi) is 9.29. The predicted molar refractivity (Wildman–Crippen MR) is 155 cm³/mol. The number of fused-ring (bicyclic) bond motifs is 1. The summed E-state index contributed by atoms with van der Waals surface area (Å²) in [5, 5.41) is 9.90. The van der Waals surface area contributed by atoms with E-state index in [0.29, 0.717) is 17.1 Å². The minimum atomic E-state index is -4.06. The Labute approximate surface area is 242 Å². The van der Waals surface area contributed by atoms with Crippen molar-refractivity contribution in [3.05, 3.63) is 66.7 Å². The lowest BCUT2D eigenvalue weighted by atomic mass is 10.0. The topological polar surface area (TPSA) is 123 Å². The van der Waals surface area contributed by atoms with Crippen LogP contribution >= 0.6 is 0 Å². The normalized spacial score (nSPS) is 19.9. The molecule has 4 rings (SSSR count). The average Bonchev–Trinajstić information content (AvgIpc) is 2.98. The van der Waals surface area contributed by atoms with Gasteiger partial charge in [0.15, 0.2) is 0 Å². The quantitative estimate of drug-likeness (QED) is 0.394. The molecule has 41 heavy (non-hydrogen) atoms. The van der Waals surface area contributed by atoms with Crippen molar-refractivity contribution < 1.29 is 36.2 Å². The monoisotopic (exact) mass is 604 g/mol. The van der Waals surface area contributed by atoms with Gasteiger partial charge in [-0.25, -0.2) is 16.8 Å². The molecule has 12 heteroatoms. The molecule has 1 aliphatic heterocycles. The van der Waals surface area contributed by atoms with Crippen molar-refractivity contribution in [2.24, 2.45) is 5.92 Å². The van der Waals surface area contributed by atoms with Crippen LogP contribution in [0, 0.1) is 5.92 Å². The standard InChI is InChI=1S/C29H36N2O8S2/c1-20-17-31(21(2)19-32)41(35,36)29-15-10-22(25-8-6-7-9-26(25)38-5)16-27(29)39-28(20)18-30(3)40(33,34)24-13-11-23(37-4)12-14-24/h6-16,20-21,28,32H,17-19H2,1-5H3/t20-,21+,28+/m0/s1. The van der Waals surface area contributed by atoms with Crippen LogP contribution in [0.15, 0.2) is 76.5 Å². The highest BCUT2D eigenvalue weighted by molar-refractivity contribution is 7.89. The van der Waals surface area contributed by atoms with E-state index in [0.717, 1.165) is 5.56 Å². The van der Waals surface area contributed by atoms with E-state index in [2.05, 4.69) is 0 Å². The van der Waals surface area contributed by atoms with Gasteiger partial charge in [-0.05, 0) is 55.0 Å². The van der Waals surface area contributed by atoms with Gasteiger partial charge in [0, 0.05) is 31.1 Å². The Morgan fingerprint density at radius 1 is 1.07 bits per heavy atom. The van der Waals surface area contributed by atoms with Gasteiger partial charge in [0.2, 0.25) is 20.0 Å². The minimum absolute atomic E-state index is 0.0266. The summed E-state index contributed by atoms with van der Waals surface area (Å²) in [6, 6.07) is 17.5. The summed E-state index contributed by atoms with van der Waals surface area (Å²) in [7, 11) is -3.43. The molecular formula is C29H36N2O8S2. The minimum Gasteiger partial charge on any atom is -0.497 e. The van der Waals surface area contributed by atoms with Crippen LogP contribution in [0.1, 0.15) is 13.8 Å². The van der Waals surface area contributed by atoms with E-state index >= 15 is 0 Å². The predicted octanol–water partition coefficient (Wildman–Crippen LogP) is 3.46. The Balaban J connectivity index is 1.77. The summed E-state index contributed by atoms with van der Waals surface area (Å²) in [6.07, 6.45) is -0.719. The van der Waals surface area contributed by atoms with Crippen molar-refractivity contribution in [1.29, 1.82) is 0 Å². The van der Waals surface area contributed by atoms with Gasteiger partial charge in [-0.2, -0.15) is 8.61 Å². The molecule has 0 fully saturated rings. The Hall–Kier alpha value is -3.16. The van der Waals surface area contributed by atoms with Gasteiger partial charge in [-0.1, -0.05) is 31.2 Å². The first-order valence-electron chi connectivity index (χ1n) is 13.1. The Bertz CT molecular complexity index is 1580. The lowest BCUT2D eigenvalue weighted by Crippen LogP contribution is -2.50. The lowest BCUT2D eigenvalue weighted by molar-refractivity contribution is 0.0905. The van der Waals surface area contributed by atoms with Crippen molar-refractivity contribution in [3.8, 4) is 28.4 Å². The third kappa shape index (κ3) is 6.21. The van der Waals surface area contributed by atoms with Gasteiger partial charge in [0.05, 0.1) is 32.3 Å². The van der Waals surface area contributed by atoms with E-state index in [1.807, 2.05) is 18.2 Å². The van der Waals surface area contributed by atoms with Gasteiger partial charge < -0.3 is 19.3 Å². The molecule has 10 nitrogen and oxygen atoms in total. The van der Waals surface area contributed by atoms with Crippen LogP contribution in [-0.2, 0) is 20.0 Å². The van der Waals surface area contributed by atoms with Gasteiger partial charge in [0.1, 0.15) is 28.2 Å². The molecule has 0 bridgehead atoms. The number of aliphatic hydroxyl groups excluding tert-OH is 1. The fraction of sp³-hybridized carbons (Fsp3) is 0.379. The molecule has 0 aliphatic carbocycles. The van der Waals surface area contributed by atoms with E-state index in [4.69, 9.17) is 14.2 Å². The maximum atomic E-state index is 13.8. The lowest BCUT2D eigenvalue weighted by Gasteiger charge is -2.37. The van der Waals surface area contributed by atoms with Crippen LogP contribution in [0.3, 0.4) is 0 Å². The van der Waals surface area contributed by atoms with E-state index in [9.17, 15) is 21.9 Å². The number of hydrogen-bond acceptors (Lipinski definition) is 8. The van der Waals surface area contributed by atoms with Crippen molar-refractivity contribution in [3.63, 3.8) is 0 Å². The van der Waals surface area contributed by atoms with Gasteiger partial charge in [0.25, 0.3) is 0 Å². The number of aliphatic hydroxyl groups is 1. The molecule has 0 saturated heterocycles. The summed E-state index contributed by atoms with van der Waals surface area (Å²) in [4.78, 5) is 0.0327. The number of hydrogen-bond donors (Lipinski definition) is 1. The zero-order chi connectivity index (χ0) is 29.9. The SMILES string of the molecule is COc1ccc(S(=O)(=O)N(C)C[C@H]2Oc3cc(-c4ccccc4OC)ccc3S(=O)(=O)N([C@H](C)CO)C[C@@H]2C)cc1. The number of methoxy groups -OCH3 is 2. The molecule has 1 aliphatic rings. The number of benzene rings is 3. The molecule has 0 amide bonds. The zero-order valence-electron chi connectivity index (χ0n) is 23.7. The Morgan fingerprint density at radius 2 is 1.76 bits per heavy atom. The number of sulfonamides is 2. The first kappa shape index (κ1) is 30.8. The zero-order valence-corrected chi connectivity index (χ0v) is 25.4. The number of rotatable bonds is 9. The average molecular weight is 605 g/mol. The fourth-order valence-electron chi connectivity index (χ4n) is 4.77. The number of ether oxygens (including phenoxy) is 3. The van der Waals surface area contributed by atoms with Crippen LogP contribution in [0.25, 0.3) is 11.1 Å². The molecule has 0 aromatic heterocycles. The molecule has 0 saturated carbocycles. The number of nitrogens with zero attached hydrogens (tertiary/aromatic N) is 2. The van der Waals surface area contributed by atoms with Crippen molar-refractivity contribution in [2.45, 2.75) is 35.8 Å². The van der Waals surface area contributed by atoms with E-state index in [1.54, 1.807) is 51.3 Å². The van der Waals surface area contributed by atoms with Crippen LogP contribution in [0.2, 0.25) is 0 Å². The molecule has 3 aromatic carbocycles. The van der Waals surface area contributed by atoms with Crippen molar-refractivity contribution >= 4 is 20.0 Å². The highest BCUT2D eigenvalue weighted by atomic mass is 32.2. The summed E-state index contributed by atoms with van der Waals surface area (Å²) in [5.41, 5.74) is 1.41. The van der Waals surface area contributed by atoms with E-state index < -0.39 is 38.1 Å². The summed E-state index contributed by atoms with van der Waals surface area (Å²) in [6.45, 7) is 3.04. The Morgan fingerprint density at radius 3 is 2.39 bits per heavy atom. The molecule has 0 unspecified atom stereocenters. The first-order valence-corrected chi connectivity index (χ1v) is 16.0. The van der Waals surface area contributed by atoms with E-state index in [1.165, 1.54) is 41.0 Å². The van der Waals surface area contributed by atoms with Crippen molar-refractivity contribution in [2.75, 3.05) is 41.0 Å². The molecule has 0 radical (unpaired) electrons. The van der Waals surface area contributed by atoms with Crippen LogP contribution in [-0.4, -0.2) is 83.7 Å². The second kappa shape index (κ2) is 12.4. The maximum absolute atomic E-state index is 13.8.